The minimum Gasteiger partial charge on any atom is -0.427 e. The van der Waals surface area contributed by atoms with Crippen molar-refractivity contribution >= 4 is 29.6 Å². The molecule has 0 bridgehead atoms. The van der Waals surface area contributed by atoms with E-state index in [1.54, 1.807) is 29.3 Å². The number of anilines is 1. The normalized spacial score (nSPS) is 23.8. The summed E-state index contributed by atoms with van der Waals surface area (Å²) < 4.78 is 7.47. The van der Waals surface area contributed by atoms with Crippen LogP contribution in [0.15, 0.2) is 30.6 Å². The van der Waals surface area contributed by atoms with E-state index >= 15 is 0 Å². The maximum absolute atomic E-state index is 13.4. The van der Waals surface area contributed by atoms with Gasteiger partial charge in [0, 0.05) is 43.7 Å². The molecule has 2 atom stereocenters. The molecular weight excluding hydrogens is 428 g/mol. The molecule has 3 heterocycles. The van der Waals surface area contributed by atoms with Gasteiger partial charge in [0.05, 0.1) is 6.04 Å². The molecule has 1 aromatic heterocycles. The van der Waals surface area contributed by atoms with E-state index in [9.17, 15) is 19.2 Å². The van der Waals surface area contributed by atoms with E-state index in [1.807, 2.05) is 17.8 Å². The zero-order chi connectivity index (χ0) is 23.3. The molecule has 1 aromatic carbocycles. The Balaban J connectivity index is 1.35. The van der Waals surface area contributed by atoms with Crippen LogP contribution in [0, 0.1) is 0 Å². The van der Waals surface area contributed by atoms with Crippen LogP contribution >= 0.6 is 0 Å². The number of fused-ring (bicyclic) bond motifs is 2. The summed E-state index contributed by atoms with van der Waals surface area (Å²) in [6.07, 6.45) is 5.03. The summed E-state index contributed by atoms with van der Waals surface area (Å²) in [6.45, 7) is 0.161. The van der Waals surface area contributed by atoms with Crippen LogP contribution in [0.25, 0.3) is 0 Å². The molecule has 1 unspecified atom stereocenters. The summed E-state index contributed by atoms with van der Waals surface area (Å²) >= 11 is 0. The van der Waals surface area contributed by atoms with Gasteiger partial charge in [0.15, 0.2) is 0 Å². The molecule has 2 aromatic rings. The fourth-order valence-corrected chi connectivity index (χ4v) is 5.13. The molecule has 172 valence electrons. The van der Waals surface area contributed by atoms with E-state index in [0.717, 1.165) is 29.1 Å². The standard InChI is InChI=1S/C22H24N6O5/c1-26-10-8-24-18(26)16-3-2-9-27(16)17(29)12-28-19(30)22(33-21(28)32)7-6-13-11-14(25-20(23)31)4-5-15(13)22/h4-5,8,10-11,16H,2-3,6-7,9,12H2,1H3,(H3,23,25,31)/t16?,22-/m1/s1. The average Bonchev–Trinajstić information content (AvgIpc) is 3.52. The van der Waals surface area contributed by atoms with Crippen LogP contribution in [0.5, 0.6) is 0 Å². The van der Waals surface area contributed by atoms with Crippen molar-refractivity contribution in [2.75, 3.05) is 18.4 Å². The Morgan fingerprint density at radius 3 is 2.88 bits per heavy atom. The summed E-state index contributed by atoms with van der Waals surface area (Å²) in [5, 5.41) is 2.50. The Labute approximate surface area is 189 Å². The number of imide groups is 1. The molecule has 0 radical (unpaired) electrons. The van der Waals surface area contributed by atoms with E-state index < -0.39 is 23.6 Å². The summed E-state index contributed by atoms with van der Waals surface area (Å²) in [5.74, 6) is -0.0808. The molecule has 3 aliphatic rings. The zero-order valence-electron chi connectivity index (χ0n) is 18.1. The van der Waals surface area contributed by atoms with Gasteiger partial charge in [0.2, 0.25) is 11.5 Å². The van der Waals surface area contributed by atoms with Gasteiger partial charge in [-0.1, -0.05) is 6.07 Å². The van der Waals surface area contributed by atoms with Crippen LogP contribution in [0.3, 0.4) is 0 Å². The van der Waals surface area contributed by atoms with Crippen LogP contribution in [-0.4, -0.2) is 56.4 Å². The smallest absolute Gasteiger partial charge is 0.418 e. The Hall–Kier alpha value is -3.89. The molecule has 2 saturated heterocycles. The third-order valence-electron chi connectivity index (χ3n) is 6.65. The highest BCUT2D eigenvalue weighted by Crippen LogP contribution is 2.46. The molecule has 11 nitrogen and oxygen atoms in total. The van der Waals surface area contributed by atoms with Gasteiger partial charge in [-0.2, -0.15) is 0 Å². The molecule has 11 heteroatoms. The highest BCUT2D eigenvalue weighted by atomic mass is 16.6. The lowest BCUT2D eigenvalue weighted by Crippen LogP contribution is -2.44. The average molecular weight is 452 g/mol. The Bertz CT molecular complexity index is 1180. The fraction of sp³-hybridized carbons (Fsp3) is 0.409. The van der Waals surface area contributed by atoms with Crippen molar-refractivity contribution in [1.29, 1.82) is 0 Å². The number of rotatable bonds is 4. The number of nitrogens with zero attached hydrogens (tertiary/aromatic N) is 4. The van der Waals surface area contributed by atoms with Gasteiger partial charge in [0.1, 0.15) is 12.4 Å². The Morgan fingerprint density at radius 1 is 1.33 bits per heavy atom. The summed E-state index contributed by atoms with van der Waals surface area (Å²) in [4.78, 5) is 57.3. The lowest BCUT2D eigenvalue weighted by molar-refractivity contribution is -0.142. The number of nitrogens with one attached hydrogen (secondary N) is 1. The third kappa shape index (κ3) is 3.31. The summed E-state index contributed by atoms with van der Waals surface area (Å²) in [7, 11) is 1.87. The fourth-order valence-electron chi connectivity index (χ4n) is 5.13. The van der Waals surface area contributed by atoms with Crippen molar-refractivity contribution in [1.82, 2.24) is 19.4 Å². The van der Waals surface area contributed by atoms with Crippen molar-refractivity contribution in [2.45, 2.75) is 37.3 Å². The Kier molecular flexibility index (Phi) is 4.84. The maximum atomic E-state index is 13.4. The first-order valence-electron chi connectivity index (χ1n) is 10.8. The highest BCUT2D eigenvalue weighted by Gasteiger charge is 2.58. The minimum absolute atomic E-state index is 0.191. The largest absolute Gasteiger partial charge is 0.427 e. The van der Waals surface area contributed by atoms with Crippen LogP contribution in [0.4, 0.5) is 15.3 Å². The maximum Gasteiger partial charge on any atom is 0.418 e. The van der Waals surface area contributed by atoms with E-state index in [4.69, 9.17) is 10.5 Å². The van der Waals surface area contributed by atoms with Gasteiger partial charge in [-0.05, 0) is 37.0 Å². The SMILES string of the molecule is Cn1ccnc1C1CCCN1C(=O)CN1C(=O)O[C@@]2(CCc3cc(NC(N)=O)ccc32)C1=O. The van der Waals surface area contributed by atoms with Gasteiger partial charge in [-0.25, -0.2) is 19.5 Å². The van der Waals surface area contributed by atoms with E-state index in [0.29, 0.717) is 24.2 Å². The Morgan fingerprint density at radius 2 is 2.15 bits per heavy atom. The number of amides is 5. The number of aromatic nitrogens is 2. The van der Waals surface area contributed by atoms with Gasteiger partial charge in [-0.3, -0.25) is 9.59 Å². The lowest BCUT2D eigenvalue weighted by Gasteiger charge is -2.26. The van der Waals surface area contributed by atoms with Gasteiger partial charge >= 0.3 is 12.1 Å². The highest BCUT2D eigenvalue weighted by molar-refractivity contribution is 6.06. The number of benzene rings is 1. The topological polar surface area (TPSA) is 140 Å². The number of nitrogens with two attached hydrogens (primary N) is 1. The molecule has 2 fully saturated rings. The molecule has 5 rings (SSSR count). The number of urea groups is 1. The van der Waals surface area contributed by atoms with Crippen LogP contribution in [-0.2, 0) is 33.4 Å². The lowest BCUT2D eigenvalue weighted by atomic mass is 9.94. The number of imidazole rings is 1. The first kappa shape index (κ1) is 21.0. The van der Waals surface area contributed by atoms with E-state index in [2.05, 4.69) is 10.3 Å². The zero-order valence-corrected chi connectivity index (χ0v) is 18.1. The monoisotopic (exact) mass is 452 g/mol. The number of hydrogen-bond acceptors (Lipinski definition) is 6. The molecule has 33 heavy (non-hydrogen) atoms. The molecule has 5 amide bonds. The first-order valence-corrected chi connectivity index (χ1v) is 10.8. The first-order chi connectivity index (χ1) is 15.8. The number of aryl methyl sites for hydroxylation is 2. The second kappa shape index (κ2) is 7.61. The minimum atomic E-state index is -1.44. The number of likely N-dealkylation sites (tertiary alicyclic amines) is 1. The predicted molar refractivity (Wildman–Crippen MR) is 115 cm³/mol. The van der Waals surface area contributed by atoms with Crippen molar-refractivity contribution < 1.29 is 23.9 Å². The van der Waals surface area contributed by atoms with Gasteiger partial charge in [-0.15, -0.1) is 0 Å². The molecule has 0 saturated carbocycles. The van der Waals surface area contributed by atoms with Crippen molar-refractivity contribution in [3.63, 3.8) is 0 Å². The second-order valence-electron chi connectivity index (χ2n) is 8.59. The number of carbonyl (C=O) groups excluding carboxylic acids is 4. The molecule has 1 spiro atoms. The van der Waals surface area contributed by atoms with Crippen LogP contribution in [0.1, 0.15) is 42.3 Å². The van der Waals surface area contributed by atoms with Gasteiger partial charge in [0.25, 0.3) is 5.91 Å². The number of carbonyl (C=O) groups is 4. The van der Waals surface area contributed by atoms with Gasteiger partial charge < -0.3 is 25.3 Å². The molecule has 2 aliphatic heterocycles. The number of ether oxygens (including phenoxy) is 1. The molecule has 1 aliphatic carbocycles. The number of primary amides is 1. The van der Waals surface area contributed by atoms with Crippen LogP contribution < -0.4 is 11.1 Å². The summed E-state index contributed by atoms with van der Waals surface area (Å²) in [5.41, 5.74) is 5.57. The second-order valence-corrected chi connectivity index (χ2v) is 8.59. The quantitative estimate of drug-likeness (QED) is 0.719. The van der Waals surface area contributed by atoms with Crippen molar-refractivity contribution in [2.24, 2.45) is 12.8 Å². The van der Waals surface area contributed by atoms with Crippen molar-refractivity contribution in [3.05, 3.63) is 47.5 Å². The molecule has 3 N–H and O–H groups in total. The number of hydrogen-bond donors (Lipinski definition) is 2. The van der Waals surface area contributed by atoms with E-state index in [-0.39, 0.29) is 24.9 Å². The van der Waals surface area contributed by atoms with Crippen molar-refractivity contribution in [3.8, 4) is 0 Å². The third-order valence-corrected chi connectivity index (χ3v) is 6.65. The summed E-state index contributed by atoms with van der Waals surface area (Å²) in [6, 6.07) is 4.09. The van der Waals surface area contributed by atoms with Crippen LogP contribution in [0.2, 0.25) is 0 Å². The molecular formula is C22H24N6O5. The predicted octanol–water partition coefficient (Wildman–Crippen LogP) is 1.39. The van der Waals surface area contributed by atoms with E-state index in [1.165, 1.54) is 0 Å².